The molecule has 6 heteroatoms. The van der Waals surface area contributed by atoms with E-state index in [1.54, 1.807) is 4.90 Å². The lowest BCUT2D eigenvalue weighted by molar-refractivity contribution is -0.147. The van der Waals surface area contributed by atoms with Crippen LogP contribution in [0.25, 0.3) is 0 Å². The van der Waals surface area contributed by atoms with E-state index in [1.165, 1.54) is 7.05 Å². The number of amides is 2. The maximum Gasteiger partial charge on any atom is 0.305 e. The summed E-state index contributed by atoms with van der Waals surface area (Å²) in [6.07, 6.45) is 3.13. The van der Waals surface area contributed by atoms with Crippen molar-refractivity contribution in [2.45, 2.75) is 31.7 Å². The molecule has 0 bridgehead atoms. The van der Waals surface area contributed by atoms with Crippen molar-refractivity contribution in [3.05, 3.63) is 0 Å². The van der Waals surface area contributed by atoms with Gasteiger partial charge in [-0.3, -0.25) is 14.4 Å². The second-order valence-corrected chi connectivity index (χ2v) is 4.27. The van der Waals surface area contributed by atoms with Gasteiger partial charge in [0.15, 0.2) is 0 Å². The molecule has 1 fully saturated rings. The number of aliphatic carboxylic acids is 1. The maximum absolute atomic E-state index is 12.1. The topological polar surface area (TPSA) is 77.9 Å². The summed E-state index contributed by atoms with van der Waals surface area (Å²) in [6.45, 7) is 1.31. The fourth-order valence-corrected chi connectivity index (χ4v) is 1.97. The summed E-state index contributed by atoms with van der Waals surface area (Å²) in [5, 5.41) is 8.76. The van der Waals surface area contributed by atoms with Crippen molar-refractivity contribution < 1.29 is 19.5 Å². The monoisotopic (exact) mass is 242 g/mol. The molecular formula is C11H18N2O4. The van der Waals surface area contributed by atoms with Gasteiger partial charge in [0.25, 0.3) is 0 Å². The number of nitrogens with zero attached hydrogens (tertiary/aromatic N) is 2. The predicted molar refractivity (Wildman–Crippen MR) is 60.3 cm³/mol. The summed E-state index contributed by atoms with van der Waals surface area (Å²) in [6, 6.07) is -0.886. The lowest BCUT2D eigenvalue weighted by atomic mass is 10.1. The standard InChI is InChI=1S/C11H18N2O4/c1-12(8-14)9(7-10(15)16)11(17)13-5-3-2-4-6-13/h8-9H,2-7H2,1H3,(H,15,16)/t9-/m0/s1. The Kier molecular flexibility index (Phi) is 4.93. The van der Waals surface area contributed by atoms with Gasteiger partial charge in [-0.15, -0.1) is 0 Å². The third-order valence-electron chi connectivity index (χ3n) is 2.98. The minimum absolute atomic E-state index is 0.262. The van der Waals surface area contributed by atoms with E-state index in [9.17, 15) is 14.4 Å². The number of hydrogen-bond donors (Lipinski definition) is 1. The lowest BCUT2D eigenvalue weighted by Gasteiger charge is -2.32. The van der Waals surface area contributed by atoms with Gasteiger partial charge >= 0.3 is 5.97 Å². The van der Waals surface area contributed by atoms with Crippen molar-refractivity contribution in [2.24, 2.45) is 0 Å². The molecule has 1 aliphatic rings. The Hall–Kier alpha value is -1.59. The Morgan fingerprint density at radius 1 is 1.35 bits per heavy atom. The fraction of sp³-hybridized carbons (Fsp3) is 0.727. The van der Waals surface area contributed by atoms with E-state index in [0.29, 0.717) is 19.5 Å². The average Bonchev–Trinajstić information content (AvgIpc) is 2.35. The van der Waals surface area contributed by atoms with Crippen LogP contribution in [0.3, 0.4) is 0 Å². The summed E-state index contributed by atoms with van der Waals surface area (Å²) in [5.74, 6) is -1.34. The third kappa shape index (κ3) is 3.72. The Morgan fingerprint density at radius 2 is 1.94 bits per heavy atom. The molecule has 17 heavy (non-hydrogen) atoms. The first-order valence-electron chi connectivity index (χ1n) is 5.74. The molecule has 1 saturated heterocycles. The first-order chi connectivity index (χ1) is 8.06. The Labute approximate surface area is 100 Å². The van der Waals surface area contributed by atoms with Gasteiger partial charge in [0.05, 0.1) is 6.42 Å². The number of hydrogen-bond acceptors (Lipinski definition) is 3. The summed E-state index contributed by atoms with van der Waals surface area (Å²) in [4.78, 5) is 36.3. The predicted octanol–water partition coefficient (Wildman–Crippen LogP) is -0.0696. The molecule has 96 valence electrons. The van der Waals surface area contributed by atoms with E-state index in [1.807, 2.05) is 0 Å². The smallest absolute Gasteiger partial charge is 0.305 e. The zero-order chi connectivity index (χ0) is 12.8. The highest BCUT2D eigenvalue weighted by Gasteiger charge is 2.30. The Morgan fingerprint density at radius 3 is 2.41 bits per heavy atom. The van der Waals surface area contributed by atoms with Crippen LogP contribution in [0, 0.1) is 0 Å². The van der Waals surface area contributed by atoms with Crippen LogP contribution in [-0.4, -0.2) is 59.4 Å². The number of carbonyl (C=O) groups is 3. The molecule has 2 amide bonds. The SMILES string of the molecule is CN(C=O)[C@@H](CC(=O)O)C(=O)N1CCCCC1. The van der Waals surface area contributed by atoms with Gasteiger partial charge < -0.3 is 14.9 Å². The van der Waals surface area contributed by atoms with Crippen LogP contribution in [0.15, 0.2) is 0 Å². The first-order valence-corrected chi connectivity index (χ1v) is 5.74. The molecule has 1 aliphatic heterocycles. The summed E-state index contributed by atoms with van der Waals surface area (Å²) in [5.41, 5.74) is 0. The van der Waals surface area contributed by atoms with Crippen molar-refractivity contribution in [1.29, 1.82) is 0 Å². The highest BCUT2D eigenvalue weighted by molar-refractivity contribution is 5.87. The number of piperidine rings is 1. The Balaban J connectivity index is 2.70. The van der Waals surface area contributed by atoms with Crippen molar-refractivity contribution in [1.82, 2.24) is 9.80 Å². The second kappa shape index (κ2) is 6.22. The van der Waals surface area contributed by atoms with E-state index >= 15 is 0 Å². The number of carboxylic acids is 1. The van der Waals surface area contributed by atoms with Gasteiger partial charge in [0.1, 0.15) is 6.04 Å². The van der Waals surface area contributed by atoms with E-state index < -0.39 is 12.0 Å². The van der Waals surface area contributed by atoms with Crippen LogP contribution in [-0.2, 0) is 14.4 Å². The molecule has 0 aliphatic carbocycles. The normalized spacial score (nSPS) is 17.4. The number of carbonyl (C=O) groups excluding carboxylic acids is 2. The van der Waals surface area contributed by atoms with Crippen LogP contribution in [0.2, 0.25) is 0 Å². The molecule has 0 aromatic heterocycles. The van der Waals surface area contributed by atoms with Crippen LogP contribution >= 0.6 is 0 Å². The number of carboxylic acid groups (broad SMARTS) is 1. The van der Waals surface area contributed by atoms with E-state index in [0.717, 1.165) is 24.2 Å². The molecule has 6 nitrogen and oxygen atoms in total. The second-order valence-electron chi connectivity index (χ2n) is 4.27. The summed E-state index contributed by atoms with van der Waals surface area (Å²) >= 11 is 0. The minimum Gasteiger partial charge on any atom is -0.481 e. The van der Waals surface area contributed by atoms with Crippen LogP contribution in [0.4, 0.5) is 0 Å². The van der Waals surface area contributed by atoms with E-state index in [-0.39, 0.29) is 12.3 Å². The highest BCUT2D eigenvalue weighted by Crippen LogP contribution is 2.13. The molecule has 1 N–H and O–H groups in total. The summed E-state index contributed by atoms with van der Waals surface area (Å²) in [7, 11) is 1.43. The molecule has 0 saturated carbocycles. The van der Waals surface area contributed by atoms with Crippen molar-refractivity contribution in [2.75, 3.05) is 20.1 Å². The molecule has 0 radical (unpaired) electrons. The minimum atomic E-state index is -1.07. The average molecular weight is 242 g/mol. The largest absolute Gasteiger partial charge is 0.481 e. The molecule has 1 heterocycles. The fourth-order valence-electron chi connectivity index (χ4n) is 1.97. The first kappa shape index (κ1) is 13.5. The van der Waals surface area contributed by atoms with Gasteiger partial charge in [-0.1, -0.05) is 0 Å². The zero-order valence-corrected chi connectivity index (χ0v) is 9.96. The molecule has 0 aromatic rings. The van der Waals surface area contributed by atoms with Crippen LogP contribution in [0.1, 0.15) is 25.7 Å². The third-order valence-corrected chi connectivity index (χ3v) is 2.98. The van der Waals surface area contributed by atoms with Crippen LogP contribution in [0.5, 0.6) is 0 Å². The number of likely N-dealkylation sites (tertiary alicyclic amines) is 1. The van der Waals surface area contributed by atoms with Gasteiger partial charge in [-0.05, 0) is 19.3 Å². The lowest BCUT2D eigenvalue weighted by Crippen LogP contribution is -2.49. The molecule has 1 atom stereocenters. The molecule has 0 unspecified atom stereocenters. The number of rotatable bonds is 5. The van der Waals surface area contributed by atoms with Gasteiger partial charge in [0.2, 0.25) is 12.3 Å². The van der Waals surface area contributed by atoms with Crippen molar-refractivity contribution >= 4 is 18.3 Å². The Bertz CT molecular complexity index is 300. The quantitative estimate of drug-likeness (QED) is 0.684. The number of likely N-dealkylation sites (N-methyl/N-ethyl adjacent to an activating group) is 1. The molecule has 1 rings (SSSR count). The van der Waals surface area contributed by atoms with Crippen LogP contribution < -0.4 is 0 Å². The maximum atomic E-state index is 12.1. The van der Waals surface area contributed by atoms with E-state index in [2.05, 4.69) is 0 Å². The molecule has 0 aromatic carbocycles. The van der Waals surface area contributed by atoms with Crippen molar-refractivity contribution in [3.8, 4) is 0 Å². The van der Waals surface area contributed by atoms with E-state index in [4.69, 9.17) is 5.11 Å². The highest BCUT2D eigenvalue weighted by atomic mass is 16.4. The summed E-state index contributed by atoms with van der Waals surface area (Å²) < 4.78 is 0. The zero-order valence-electron chi connectivity index (χ0n) is 9.96. The van der Waals surface area contributed by atoms with Crippen molar-refractivity contribution in [3.63, 3.8) is 0 Å². The van der Waals surface area contributed by atoms with Gasteiger partial charge in [0, 0.05) is 20.1 Å². The van der Waals surface area contributed by atoms with Gasteiger partial charge in [-0.25, -0.2) is 0 Å². The van der Waals surface area contributed by atoms with Gasteiger partial charge in [-0.2, -0.15) is 0 Å². The molecule has 0 spiro atoms. The molecular weight excluding hydrogens is 224 g/mol.